The Bertz CT molecular complexity index is 489. The lowest BCUT2D eigenvalue weighted by Gasteiger charge is -2.08. The number of rotatable bonds is 3. The molecule has 0 aliphatic heterocycles. The molecule has 4 heteroatoms. The van der Waals surface area contributed by atoms with Gasteiger partial charge in [0.15, 0.2) is 5.82 Å². The van der Waals surface area contributed by atoms with Crippen molar-refractivity contribution in [1.82, 2.24) is 9.97 Å². The molecule has 0 amide bonds. The lowest BCUT2D eigenvalue weighted by atomic mass is 10.1. The molecule has 0 bridgehead atoms. The van der Waals surface area contributed by atoms with Gasteiger partial charge in [0.25, 0.3) is 0 Å². The fourth-order valence-corrected chi connectivity index (χ4v) is 2.16. The molecule has 0 radical (unpaired) electrons. The summed E-state index contributed by atoms with van der Waals surface area (Å²) < 4.78 is 0. The molecule has 0 N–H and O–H groups in total. The van der Waals surface area contributed by atoms with Crippen LogP contribution in [0, 0.1) is 6.92 Å². The van der Waals surface area contributed by atoms with Crippen molar-refractivity contribution < 1.29 is 0 Å². The number of nitrogens with zero attached hydrogens (tertiary/aromatic N) is 2. The lowest BCUT2D eigenvalue weighted by Crippen LogP contribution is -2.01. The first-order valence-electron chi connectivity index (χ1n) is 5.36. The SMILES string of the molecule is Cc1nc(-c2ccccc2)nc(Cl)c1CCCl. The first-order chi connectivity index (χ1) is 8.22. The van der Waals surface area contributed by atoms with Gasteiger partial charge < -0.3 is 0 Å². The topological polar surface area (TPSA) is 25.8 Å². The van der Waals surface area contributed by atoms with Crippen LogP contribution >= 0.6 is 23.2 Å². The summed E-state index contributed by atoms with van der Waals surface area (Å²) >= 11 is 11.9. The minimum atomic E-state index is 0.497. The van der Waals surface area contributed by atoms with Crippen molar-refractivity contribution in [3.8, 4) is 11.4 Å². The Morgan fingerprint density at radius 2 is 1.82 bits per heavy atom. The highest BCUT2D eigenvalue weighted by Gasteiger charge is 2.10. The molecule has 2 rings (SSSR count). The molecule has 1 aromatic heterocycles. The van der Waals surface area contributed by atoms with Crippen LogP contribution in [0.3, 0.4) is 0 Å². The molecule has 0 atom stereocenters. The van der Waals surface area contributed by atoms with E-state index in [0.717, 1.165) is 16.8 Å². The Morgan fingerprint density at radius 3 is 2.41 bits per heavy atom. The lowest BCUT2D eigenvalue weighted by molar-refractivity contribution is 1.01. The zero-order valence-corrected chi connectivity index (χ0v) is 11.0. The second-order valence-electron chi connectivity index (χ2n) is 3.71. The number of aryl methyl sites for hydroxylation is 1. The second kappa shape index (κ2) is 5.48. The molecular weight excluding hydrogens is 255 g/mol. The second-order valence-corrected chi connectivity index (χ2v) is 4.44. The molecule has 1 aromatic carbocycles. The van der Waals surface area contributed by atoms with Crippen LogP contribution in [0.25, 0.3) is 11.4 Å². The summed E-state index contributed by atoms with van der Waals surface area (Å²) in [5, 5.41) is 0.497. The largest absolute Gasteiger partial charge is 0.233 e. The van der Waals surface area contributed by atoms with Gasteiger partial charge in [-0.3, -0.25) is 0 Å². The van der Waals surface area contributed by atoms with Gasteiger partial charge in [-0.2, -0.15) is 0 Å². The fraction of sp³-hybridized carbons (Fsp3) is 0.231. The van der Waals surface area contributed by atoms with Gasteiger partial charge in [0.05, 0.1) is 0 Å². The van der Waals surface area contributed by atoms with Gasteiger partial charge in [0.2, 0.25) is 0 Å². The molecule has 2 nitrogen and oxygen atoms in total. The molecule has 0 saturated carbocycles. The molecule has 1 heterocycles. The quantitative estimate of drug-likeness (QED) is 0.622. The van der Waals surface area contributed by atoms with Gasteiger partial charge in [-0.1, -0.05) is 41.9 Å². The van der Waals surface area contributed by atoms with Crippen molar-refractivity contribution >= 4 is 23.2 Å². The van der Waals surface area contributed by atoms with Crippen LogP contribution in [-0.4, -0.2) is 15.8 Å². The molecule has 0 aliphatic carbocycles. The maximum atomic E-state index is 6.15. The summed E-state index contributed by atoms with van der Waals surface area (Å²) in [4.78, 5) is 8.79. The normalized spacial score (nSPS) is 10.5. The number of aromatic nitrogens is 2. The third-order valence-electron chi connectivity index (χ3n) is 2.54. The van der Waals surface area contributed by atoms with Crippen molar-refractivity contribution in [3.05, 3.63) is 46.7 Å². The van der Waals surface area contributed by atoms with E-state index in [1.807, 2.05) is 37.3 Å². The van der Waals surface area contributed by atoms with Crippen LogP contribution in [0.15, 0.2) is 30.3 Å². The smallest absolute Gasteiger partial charge is 0.161 e. The van der Waals surface area contributed by atoms with Crippen molar-refractivity contribution in [2.75, 3.05) is 5.88 Å². The van der Waals surface area contributed by atoms with E-state index in [9.17, 15) is 0 Å². The number of benzene rings is 1. The van der Waals surface area contributed by atoms with Gasteiger partial charge in [-0.25, -0.2) is 9.97 Å². The first kappa shape index (κ1) is 12.3. The molecule has 0 unspecified atom stereocenters. The average Bonchev–Trinajstić information content (AvgIpc) is 2.35. The number of hydrogen-bond donors (Lipinski definition) is 0. The minimum Gasteiger partial charge on any atom is -0.233 e. The van der Waals surface area contributed by atoms with Crippen LogP contribution in [-0.2, 0) is 6.42 Å². The predicted molar refractivity (Wildman–Crippen MR) is 71.6 cm³/mol. The van der Waals surface area contributed by atoms with Crippen LogP contribution < -0.4 is 0 Å². The van der Waals surface area contributed by atoms with E-state index in [1.165, 1.54) is 0 Å². The number of hydrogen-bond acceptors (Lipinski definition) is 2. The van der Waals surface area contributed by atoms with Crippen LogP contribution in [0.2, 0.25) is 5.15 Å². The molecule has 2 aromatic rings. The average molecular weight is 267 g/mol. The van der Waals surface area contributed by atoms with E-state index in [0.29, 0.717) is 23.3 Å². The Labute approximate surface area is 111 Å². The van der Waals surface area contributed by atoms with Gasteiger partial charge in [0.1, 0.15) is 5.15 Å². The Hall–Kier alpha value is -1.12. The molecule has 0 spiro atoms. The first-order valence-corrected chi connectivity index (χ1v) is 6.28. The van der Waals surface area contributed by atoms with Gasteiger partial charge in [0, 0.05) is 22.7 Å². The van der Waals surface area contributed by atoms with E-state index >= 15 is 0 Å². The van der Waals surface area contributed by atoms with Gasteiger partial charge >= 0.3 is 0 Å². The van der Waals surface area contributed by atoms with Crippen molar-refractivity contribution in [3.63, 3.8) is 0 Å². The van der Waals surface area contributed by atoms with E-state index in [-0.39, 0.29) is 0 Å². The molecular formula is C13H12Cl2N2. The van der Waals surface area contributed by atoms with E-state index in [4.69, 9.17) is 23.2 Å². The van der Waals surface area contributed by atoms with Crippen LogP contribution in [0.1, 0.15) is 11.3 Å². The third kappa shape index (κ3) is 2.76. The van der Waals surface area contributed by atoms with Gasteiger partial charge in [-0.15, -0.1) is 11.6 Å². The zero-order chi connectivity index (χ0) is 12.3. The summed E-state index contributed by atoms with van der Waals surface area (Å²) in [5.41, 5.74) is 2.79. The summed E-state index contributed by atoms with van der Waals surface area (Å²) in [5.74, 6) is 1.18. The fourth-order valence-electron chi connectivity index (χ4n) is 1.66. The molecule has 0 fully saturated rings. The highest BCUT2D eigenvalue weighted by atomic mass is 35.5. The Morgan fingerprint density at radius 1 is 1.12 bits per heavy atom. The monoisotopic (exact) mass is 266 g/mol. The van der Waals surface area contributed by atoms with Crippen LogP contribution in [0.5, 0.6) is 0 Å². The standard InChI is InChI=1S/C13H12Cl2N2/c1-9-11(7-8-14)12(15)17-13(16-9)10-5-3-2-4-6-10/h2-6H,7-8H2,1H3. The maximum absolute atomic E-state index is 6.15. The van der Waals surface area contributed by atoms with Crippen molar-refractivity contribution in [2.45, 2.75) is 13.3 Å². The predicted octanol–water partition coefficient (Wildman–Crippen LogP) is 3.89. The van der Waals surface area contributed by atoms with E-state index < -0.39 is 0 Å². The van der Waals surface area contributed by atoms with Crippen molar-refractivity contribution in [1.29, 1.82) is 0 Å². The minimum absolute atomic E-state index is 0.497. The van der Waals surface area contributed by atoms with E-state index in [1.54, 1.807) is 0 Å². The molecule has 0 aliphatic rings. The molecule has 17 heavy (non-hydrogen) atoms. The summed E-state index contributed by atoms with van der Waals surface area (Å²) in [7, 11) is 0. The Kier molecular flexibility index (Phi) is 3.97. The molecule has 0 saturated heterocycles. The third-order valence-corrected chi connectivity index (χ3v) is 3.04. The van der Waals surface area contributed by atoms with Crippen molar-refractivity contribution in [2.24, 2.45) is 0 Å². The number of halogens is 2. The summed E-state index contributed by atoms with van der Waals surface area (Å²) in [6.45, 7) is 1.93. The molecule has 88 valence electrons. The van der Waals surface area contributed by atoms with Crippen LogP contribution in [0.4, 0.5) is 0 Å². The van der Waals surface area contributed by atoms with Gasteiger partial charge in [-0.05, 0) is 13.3 Å². The zero-order valence-electron chi connectivity index (χ0n) is 9.45. The number of alkyl halides is 1. The maximum Gasteiger partial charge on any atom is 0.161 e. The highest BCUT2D eigenvalue weighted by Crippen LogP contribution is 2.22. The Balaban J connectivity index is 2.46. The summed E-state index contributed by atoms with van der Waals surface area (Å²) in [6, 6.07) is 9.79. The van der Waals surface area contributed by atoms with E-state index in [2.05, 4.69) is 9.97 Å². The summed E-state index contributed by atoms with van der Waals surface area (Å²) in [6.07, 6.45) is 0.696. The highest BCUT2D eigenvalue weighted by molar-refractivity contribution is 6.30.